The summed E-state index contributed by atoms with van der Waals surface area (Å²) in [4.78, 5) is 18.9. The molecular formula is C30H21ClN2O. The van der Waals surface area contributed by atoms with E-state index >= 15 is 0 Å². The second-order valence-corrected chi connectivity index (χ2v) is 8.22. The van der Waals surface area contributed by atoms with Crippen molar-refractivity contribution < 1.29 is 0 Å². The van der Waals surface area contributed by atoms with E-state index in [2.05, 4.69) is 0 Å². The summed E-state index contributed by atoms with van der Waals surface area (Å²) in [5.74, 6) is 0. The zero-order valence-corrected chi connectivity index (χ0v) is 19.1. The first-order valence-electron chi connectivity index (χ1n) is 11.0. The maximum Gasteiger partial charge on any atom is 0.281 e. The Kier molecular flexibility index (Phi) is 6.19. The number of pyridine rings is 1. The van der Waals surface area contributed by atoms with Crippen molar-refractivity contribution >= 4 is 23.0 Å². The summed E-state index contributed by atoms with van der Waals surface area (Å²) in [6.45, 7) is 0. The number of rotatable bonds is 5. The molecule has 0 aliphatic heterocycles. The van der Waals surface area contributed by atoms with E-state index in [-0.39, 0.29) is 5.56 Å². The normalized spacial score (nSPS) is 10.6. The third-order valence-corrected chi connectivity index (χ3v) is 5.83. The zero-order valence-electron chi connectivity index (χ0n) is 18.3. The Morgan fingerprint density at radius 1 is 0.647 bits per heavy atom. The van der Waals surface area contributed by atoms with Gasteiger partial charge in [0, 0.05) is 33.6 Å². The smallest absolute Gasteiger partial charge is 0.281 e. The molecule has 34 heavy (non-hydrogen) atoms. The SMILES string of the molecule is O=c1c(N=C(c2ccccc2)c2ccccc2)c(-c2ccccc2)ccn1-c1ccc(Cl)cc1. The van der Waals surface area contributed by atoms with E-state index < -0.39 is 0 Å². The molecule has 5 aromatic rings. The third-order valence-electron chi connectivity index (χ3n) is 5.57. The average molecular weight is 461 g/mol. The number of aromatic nitrogens is 1. The van der Waals surface area contributed by atoms with Crippen LogP contribution in [0.2, 0.25) is 5.02 Å². The summed E-state index contributed by atoms with van der Waals surface area (Å²) in [6.07, 6.45) is 1.79. The minimum Gasteiger partial charge on any atom is -0.282 e. The van der Waals surface area contributed by atoms with Crippen LogP contribution in [0.15, 0.2) is 137 Å². The van der Waals surface area contributed by atoms with Crippen molar-refractivity contribution in [2.45, 2.75) is 0 Å². The summed E-state index contributed by atoms with van der Waals surface area (Å²) in [6, 6.07) is 38.9. The Bertz CT molecular complexity index is 1450. The van der Waals surface area contributed by atoms with E-state index in [0.29, 0.717) is 10.7 Å². The second-order valence-electron chi connectivity index (χ2n) is 7.79. The van der Waals surface area contributed by atoms with Crippen LogP contribution in [0.25, 0.3) is 16.8 Å². The topological polar surface area (TPSA) is 34.4 Å². The van der Waals surface area contributed by atoms with Crippen molar-refractivity contribution in [3.8, 4) is 16.8 Å². The molecule has 0 aliphatic carbocycles. The van der Waals surface area contributed by atoms with Gasteiger partial charge in [-0.25, -0.2) is 4.99 Å². The lowest BCUT2D eigenvalue weighted by Crippen LogP contribution is -2.18. The van der Waals surface area contributed by atoms with E-state index in [0.717, 1.165) is 33.7 Å². The van der Waals surface area contributed by atoms with Crippen LogP contribution < -0.4 is 5.56 Å². The molecule has 0 radical (unpaired) electrons. The highest BCUT2D eigenvalue weighted by Crippen LogP contribution is 2.29. The Balaban J connectivity index is 1.79. The van der Waals surface area contributed by atoms with Gasteiger partial charge in [-0.15, -0.1) is 0 Å². The van der Waals surface area contributed by atoms with Gasteiger partial charge in [-0.1, -0.05) is 103 Å². The molecule has 1 heterocycles. The lowest BCUT2D eigenvalue weighted by Gasteiger charge is -2.13. The summed E-state index contributed by atoms with van der Waals surface area (Å²) in [7, 11) is 0. The van der Waals surface area contributed by atoms with Gasteiger partial charge in [0.2, 0.25) is 0 Å². The molecule has 3 nitrogen and oxygen atoms in total. The molecule has 0 spiro atoms. The predicted octanol–water partition coefficient (Wildman–Crippen LogP) is 7.33. The van der Waals surface area contributed by atoms with E-state index in [9.17, 15) is 4.79 Å². The highest BCUT2D eigenvalue weighted by atomic mass is 35.5. The van der Waals surface area contributed by atoms with Crippen molar-refractivity contribution in [3.05, 3.63) is 154 Å². The van der Waals surface area contributed by atoms with Gasteiger partial charge in [0.1, 0.15) is 5.69 Å². The fraction of sp³-hybridized carbons (Fsp3) is 0. The molecular weight excluding hydrogens is 440 g/mol. The first-order chi connectivity index (χ1) is 16.7. The van der Waals surface area contributed by atoms with Crippen LogP contribution >= 0.6 is 11.6 Å². The molecule has 0 bridgehead atoms. The van der Waals surface area contributed by atoms with Crippen LogP contribution in [0, 0.1) is 0 Å². The lowest BCUT2D eigenvalue weighted by atomic mass is 10.0. The van der Waals surface area contributed by atoms with Crippen LogP contribution in [0.4, 0.5) is 5.69 Å². The van der Waals surface area contributed by atoms with Gasteiger partial charge in [-0.3, -0.25) is 9.36 Å². The van der Waals surface area contributed by atoms with Gasteiger partial charge in [-0.2, -0.15) is 0 Å². The summed E-state index contributed by atoms with van der Waals surface area (Å²) >= 11 is 6.07. The molecule has 164 valence electrons. The average Bonchev–Trinajstić information content (AvgIpc) is 2.90. The molecule has 0 amide bonds. The van der Waals surface area contributed by atoms with Gasteiger partial charge < -0.3 is 0 Å². The number of aliphatic imine (C=N–C) groups is 1. The quantitative estimate of drug-likeness (QED) is 0.253. The van der Waals surface area contributed by atoms with Crippen LogP contribution in [0.3, 0.4) is 0 Å². The van der Waals surface area contributed by atoms with Crippen molar-refractivity contribution in [2.24, 2.45) is 4.99 Å². The maximum absolute atomic E-state index is 13.9. The monoisotopic (exact) mass is 460 g/mol. The minimum absolute atomic E-state index is 0.201. The van der Waals surface area contributed by atoms with Crippen molar-refractivity contribution in [1.29, 1.82) is 0 Å². The molecule has 0 saturated heterocycles. The molecule has 0 unspecified atom stereocenters. The van der Waals surface area contributed by atoms with E-state index in [1.807, 2.05) is 109 Å². The van der Waals surface area contributed by atoms with Crippen molar-refractivity contribution in [2.75, 3.05) is 0 Å². The standard InChI is InChI=1S/C30H21ClN2O/c31-25-16-18-26(19-17-25)33-21-20-27(22-10-4-1-5-11-22)29(30(33)34)32-28(23-12-6-2-7-13-23)24-14-8-3-9-15-24/h1-21H. The Hall–Kier alpha value is -4.21. The van der Waals surface area contributed by atoms with E-state index in [4.69, 9.17) is 16.6 Å². The summed E-state index contributed by atoms with van der Waals surface area (Å²) < 4.78 is 1.61. The van der Waals surface area contributed by atoms with Crippen LogP contribution in [0.5, 0.6) is 0 Å². The number of hydrogen-bond donors (Lipinski definition) is 0. The molecule has 0 atom stereocenters. The number of halogens is 1. The van der Waals surface area contributed by atoms with Gasteiger partial charge in [0.05, 0.1) is 5.71 Å². The van der Waals surface area contributed by atoms with Crippen molar-refractivity contribution in [1.82, 2.24) is 4.57 Å². The first-order valence-corrected chi connectivity index (χ1v) is 11.3. The second kappa shape index (κ2) is 9.74. The molecule has 0 fully saturated rings. The lowest BCUT2D eigenvalue weighted by molar-refractivity contribution is 0.990. The van der Waals surface area contributed by atoms with E-state index in [1.165, 1.54) is 0 Å². The molecule has 4 aromatic carbocycles. The fourth-order valence-corrected chi connectivity index (χ4v) is 4.01. The summed E-state index contributed by atoms with van der Waals surface area (Å²) in [5.41, 5.74) is 5.24. The highest BCUT2D eigenvalue weighted by Gasteiger charge is 2.15. The number of benzene rings is 4. The first kappa shape index (κ1) is 21.6. The highest BCUT2D eigenvalue weighted by molar-refractivity contribution is 6.30. The largest absolute Gasteiger partial charge is 0.282 e. The van der Waals surface area contributed by atoms with Crippen LogP contribution in [-0.2, 0) is 0 Å². The molecule has 0 saturated carbocycles. The number of hydrogen-bond acceptors (Lipinski definition) is 2. The minimum atomic E-state index is -0.201. The van der Waals surface area contributed by atoms with Gasteiger partial charge in [0.25, 0.3) is 5.56 Å². The number of nitrogens with zero attached hydrogens (tertiary/aromatic N) is 2. The fourth-order valence-electron chi connectivity index (χ4n) is 3.89. The Labute approximate surface area is 203 Å². The third kappa shape index (κ3) is 4.47. The van der Waals surface area contributed by atoms with Crippen LogP contribution in [-0.4, -0.2) is 10.3 Å². The Morgan fingerprint density at radius 3 is 1.74 bits per heavy atom. The molecule has 0 aliphatic rings. The molecule has 1 aromatic heterocycles. The van der Waals surface area contributed by atoms with Crippen LogP contribution in [0.1, 0.15) is 11.1 Å². The molecule has 5 rings (SSSR count). The van der Waals surface area contributed by atoms with Crippen molar-refractivity contribution in [3.63, 3.8) is 0 Å². The molecule has 4 heteroatoms. The van der Waals surface area contributed by atoms with Gasteiger partial charge >= 0.3 is 0 Å². The van der Waals surface area contributed by atoms with Gasteiger partial charge in [-0.05, 0) is 35.9 Å². The maximum atomic E-state index is 13.9. The Morgan fingerprint density at radius 2 is 1.18 bits per heavy atom. The van der Waals surface area contributed by atoms with Gasteiger partial charge in [0.15, 0.2) is 0 Å². The molecule has 0 N–H and O–H groups in total. The predicted molar refractivity (Wildman–Crippen MR) is 141 cm³/mol. The summed E-state index contributed by atoms with van der Waals surface area (Å²) in [5, 5.41) is 0.617. The zero-order chi connectivity index (χ0) is 23.3. The van der Waals surface area contributed by atoms with E-state index in [1.54, 1.807) is 22.9 Å².